The zero-order valence-electron chi connectivity index (χ0n) is 13.6. The maximum Gasteiger partial charge on any atom is 0.217 e. The third kappa shape index (κ3) is 3.02. The van der Waals surface area contributed by atoms with Gasteiger partial charge in [0.25, 0.3) is 0 Å². The molecule has 0 spiro atoms. The average molecular weight is 325 g/mol. The zero-order valence-corrected chi connectivity index (χ0v) is 13.6. The number of hydrogen-bond acceptors (Lipinski definition) is 3. The highest BCUT2D eigenvalue weighted by Crippen LogP contribution is 2.36. The van der Waals surface area contributed by atoms with Crippen LogP contribution in [-0.2, 0) is 23.3 Å². The van der Waals surface area contributed by atoms with Gasteiger partial charge in [-0.25, -0.2) is 4.39 Å². The van der Waals surface area contributed by atoms with Crippen LogP contribution in [0.1, 0.15) is 29.2 Å². The van der Waals surface area contributed by atoms with E-state index in [-0.39, 0.29) is 5.91 Å². The van der Waals surface area contributed by atoms with Crippen LogP contribution in [0, 0.1) is 0 Å². The van der Waals surface area contributed by atoms with Crippen LogP contribution >= 0.6 is 0 Å². The number of carbonyl (C=O) groups excluding carboxylic acids is 1. The Morgan fingerprint density at radius 1 is 1.29 bits per heavy atom. The van der Waals surface area contributed by atoms with Gasteiger partial charge in [-0.1, -0.05) is 48.5 Å². The minimum absolute atomic E-state index is 0.0869. The van der Waals surface area contributed by atoms with E-state index in [4.69, 9.17) is 5.73 Å². The lowest BCUT2D eigenvalue weighted by Gasteiger charge is -2.33. The van der Waals surface area contributed by atoms with Gasteiger partial charge in [0.2, 0.25) is 5.91 Å². The normalized spacial score (nSPS) is 19.3. The number of nitrogens with one attached hydrogen (secondary N) is 1. The molecule has 1 amide bonds. The van der Waals surface area contributed by atoms with Gasteiger partial charge in [0.15, 0.2) is 0 Å². The molecular formula is C19H20FN3O. The second-order valence-corrected chi connectivity index (χ2v) is 6.11. The smallest absolute Gasteiger partial charge is 0.217 e. The largest absolute Gasteiger partial charge is 0.383 e. The van der Waals surface area contributed by atoms with Gasteiger partial charge >= 0.3 is 0 Å². The standard InChI is InChI=1S/C19H20FN3O/c1-13(24)22-11-14-7-8-17-15(9-14)10-19(12-20,23-18(17)21)16-5-3-2-4-6-16/h2-9H,10-12H2,1H3,(H2,21,23)(H,22,24). The lowest BCUT2D eigenvalue weighted by atomic mass is 9.81. The third-order valence-corrected chi connectivity index (χ3v) is 4.34. The Morgan fingerprint density at radius 2 is 2.04 bits per heavy atom. The molecule has 0 aliphatic carbocycles. The van der Waals surface area contributed by atoms with Crippen LogP contribution in [0.15, 0.2) is 53.5 Å². The maximum absolute atomic E-state index is 14.0. The van der Waals surface area contributed by atoms with Crippen molar-refractivity contribution in [3.63, 3.8) is 0 Å². The Kier molecular flexibility index (Phi) is 4.34. The van der Waals surface area contributed by atoms with Gasteiger partial charge in [-0.15, -0.1) is 0 Å². The van der Waals surface area contributed by atoms with Crippen LogP contribution < -0.4 is 11.1 Å². The lowest BCUT2D eigenvalue weighted by Crippen LogP contribution is -2.37. The molecule has 0 saturated heterocycles. The molecule has 0 fully saturated rings. The van der Waals surface area contributed by atoms with E-state index < -0.39 is 12.2 Å². The van der Waals surface area contributed by atoms with E-state index in [1.165, 1.54) is 6.92 Å². The fraction of sp³-hybridized carbons (Fsp3) is 0.263. The van der Waals surface area contributed by atoms with E-state index in [1.54, 1.807) is 0 Å². The highest BCUT2D eigenvalue weighted by atomic mass is 19.1. The van der Waals surface area contributed by atoms with Crippen molar-refractivity contribution in [3.05, 3.63) is 70.8 Å². The molecule has 0 aromatic heterocycles. The molecule has 24 heavy (non-hydrogen) atoms. The first-order valence-electron chi connectivity index (χ1n) is 7.87. The number of rotatable bonds is 4. The molecule has 4 nitrogen and oxygen atoms in total. The Balaban J connectivity index is 1.99. The Bertz CT molecular complexity index is 788. The number of benzene rings is 2. The molecular weight excluding hydrogens is 305 g/mol. The number of alkyl halides is 1. The van der Waals surface area contributed by atoms with E-state index in [1.807, 2.05) is 48.5 Å². The monoisotopic (exact) mass is 325 g/mol. The number of halogens is 1. The molecule has 0 radical (unpaired) electrons. The quantitative estimate of drug-likeness (QED) is 0.907. The minimum atomic E-state index is -0.981. The topological polar surface area (TPSA) is 67.5 Å². The summed E-state index contributed by atoms with van der Waals surface area (Å²) in [6.07, 6.45) is 0.442. The number of hydrogen-bond donors (Lipinski definition) is 2. The van der Waals surface area contributed by atoms with Crippen LogP contribution in [0.2, 0.25) is 0 Å². The number of carbonyl (C=O) groups is 1. The maximum atomic E-state index is 14.0. The molecule has 0 bridgehead atoms. The predicted molar refractivity (Wildman–Crippen MR) is 92.5 cm³/mol. The highest BCUT2D eigenvalue weighted by Gasteiger charge is 2.36. The summed E-state index contributed by atoms with van der Waals surface area (Å²) in [7, 11) is 0. The summed E-state index contributed by atoms with van der Waals surface area (Å²) in [5.41, 5.74) is 8.70. The summed E-state index contributed by atoms with van der Waals surface area (Å²) in [6.45, 7) is 1.30. The Morgan fingerprint density at radius 3 is 2.71 bits per heavy atom. The number of nitrogens with zero attached hydrogens (tertiary/aromatic N) is 1. The third-order valence-electron chi connectivity index (χ3n) is 4.34. The highest BCUT2D eigenvalue weighted by molar-refractivity contribution is 6.00. The molecule has 1 atom stereocenters. The Hall–Kier alpha value is -2.69. The first kappa shape index (κ1) is 16.2. The summed E-state index contributed by atoms with van der Waals surface area (Å²) in [4.78, 5) is 15.6. The lowest BCUT2D eigenvalue weighted by molar-refractivity contribution is -0.119. The van der Waals surface area contributed by atoms with Gasteiger partial charge in [-0.3, -0.25) is 9.79 Å². The fourth-order valence-corrected chi connectivity index (χ4v) is 3.09. The van der Waals surface area contributed by atoms with Gasteiger partial charge < -0.3 is 11.1 Å². The molecule has 5 heteroatoms. The number of amidine groups is 1. The average Bonchev–Trinajstić information content (AvgIpc) is 2.60. The van der Waals surface area contributed by atoms with Crippen molar-refractivity contribution in [1.82, 2.24) is 5.32 Å². The molecule has 3 N–H and O–H groups in total. The molecule has 2 aromatic carbocycles. The molecule has 3 rings (SSSR count). The molecule has 1 aliphatic heterocycles. The predicted octanol–water partition coefficient (Wildman–Crippen LogP) is 2.45. The molecule has 1 heterocycles. The SMILES string of the molecule is CC(=O)NCc1ccc2c(c1)CC(CF)(c1ccccc1)N=C2N. The fourth-order valence-electron chi connectivity index (χ4n) is 3.09. The second kappa shape index (κ2) is 6.43. The second-order valence-electron chi connectivity index (χ2n) is 6.11. The van der Waals surface area contributed by atoms with Crippen LogP contribution in [0.25, 0.3) is 0 Å². The number of fused-ring (bicyclic) bond motifs is 1. The summed E-state index contributed by atoms with van der Waals surface area (Å²) in [5.74, 6) is 0.264. The van der Waals surface area contributed by atoms with Crippen molar-refractivity contribution in [2.45, 2.75) is 25.4 Å². The van der Waals surface area contributed by atoms with Crippen molar-refractivity contribution >= 4 is 11.7 Å². The van der Waals surface area contributed by atoms with Crippen molar-refractivity contribution < 1.29 is 9.18 Å². The molecule has 1 unspecified atom stereocenters. The number of nitrogens with two attached hydrogens (primary N) is 1. The molecule has 1 aliphatic rings. The van der Waals surface area contributed by atoms with E-state index in [0.717, 1.165) is 22.3 Å². The summed E-state index contributed by atoms with van der Waals surface area (Å²) in [6, 6.07) is 15.2. The van der Waals surface area contributed by atoms with E-state index in [9.17, 15) is 9.18 Å². The first-order chi connectivity index (χ1) is 11.5. The summed E-state index contributed by atoms with van der Waals surface area (Å²) < 4.78 is 14.0. The zero-order chi connectivity index (χ0) is 17.2. The van der Waals surface area contributed by atoms with Crippen LogP contribution in [0.3, 0.4) is 0 Å². The van der Waals surface area contributed by atoms with Gasteiger partial charge in [0, 0.05) is 25.5 Å². The summed E-state index contributed by atoms with van der Waals surface area (Å²) in [5, 5.41) is 2.77. The molecule has 2 aromatic rings. The Labute approximate surface area is 140 Å². The van der Waals surface area contributed by atoms with Gasteiger partial charge in [0.1, 0.15) is 18.0 Å². The van der Waals surface area contributed by atoms with Crippen LogP contribution in [0.4, 0.5) is 4.39 Å². The van der Waals surface area contributed by atoms with Gasteiger partial charge in [0.05, 0.1) is 0 Å². The van der Waals surface area contributed by atoms with Crippen molar-refractivity contribution in [1.29, 1.82) is 0 Å². The molecule has 0 saturated carbocycles. The van der Waals surface area contributed by atoms with Crippen molar-refractivity contribution in [2.24, 2.45) is 10.7 Å². The van der Waals surface area contributed by atoms with E-state index >= 15 is 0 Å². The van der Waals surface area contributed by atoms with E-state index in [2.05, 4.69) is 10.3 Å². The van der Waals surface area contributed by atoms with Crippen molar-refractivity contribution in [2.75, 3.05) is 6.67 Å². The number of amides is 1. The number of aliphatic imine (C=N–C) groups is 1. The van der Waals surface area contributed by atoms with Crippen LogP contribution in [-0.4, -0.2) is 18.4 Å². The van der Waals surface area contributed by atoms with Crippen molar-refractivity contribution in [3.8, 4) is 0 Å². The van der Waals surface area contributed by atoms with Gasteiger partial charge in [-0.2, -0.15) is 0 Å². The van der Waals surface area contributed by atoms with Crippen LogP contribution in [0.5, 0.6) is 0 Å². The molecule has 124 valence electrons. The summed E-state index contributed by atoms with van der Waals surface area (Å²) >= 11 is 0. The van der Waals surface area contributed by atoms with Gasteiger partial charge in [-0.05, 0) is 16.7 Å². The first-order valence-corrected chi connectivity index (χ1v) is 7.87. The minimum Gasteiger partial charge on any atom is -0.383 e. The van der Waals surface area contributed by atoms with E-state index in [0.29, 0.717) is 18.8 Å².